The van der Waals surface area contributed by atoms with Crippen LogP contribution in [0, 0.1) is 0 Å². The molecule has 10 nitrogen and oxygen atoms in total. The van der Waals surface area contributed by atoms with Gasteiger partial charge in [-0.1, -0.05) is 29.3 Å². The van der Waals surface area contributed by atoms with Crippen LogP contribution in [0.15, 0.2) is 94.6 Å². The zero-order valence-electron chi connectivity index (χ0n) is 21.8. The Hall–Kier alpha value is -4.80. The Labute approximate surface area is 246 Å². The molecule has 12 heteroatoms. The van der Waals surface area contributed by atoms with Gasteiger partial charge in [0.25, 0.3) is 0 Å². The molecule has 3 aromatic carbocycles. The number of rotatable bonds is 12. The third kappa shape index (κ3) is 8.10. The minimum atomic E-state index is 0.244. The van der Waals surface area contributed by atoms with Crippen LogP contribution < -0.4 is 25.5 Å². The van der Waals surface area contributed by atoms with Crippen LogP contribution in [-0.4, -0.2) is 28.3 Å². The molecular formula is C29H25Cl2N7O3. The number of nitrogens with one attached hydrogen (secondary N) is 3. The van der Waals surface area contributed by atoms with E-state index < -0.39 is 0 Å². The highest BCUT2D eigenvalue weighted by atomic mass is 35.5. The SMILES string of the molecule is COc1ccc(Nc2nc(NCc3ccco3)nc(N/N=C/c3ccc(OCc4ccc(Cl)cc4Cl)cc3)n2)cc1. The van der Waals surface area contributed by atoms with Gasteiger partial charge >= 0.3 is 0 Å². The van der Waals surface area contributed by atoms with Crippen LogP contribution in [0.25, 0.3) is 0 Å². The molecule has 208 valence electrons. The van der Waals surface area contributed by atoms with Gasteiger partial charge in [0.1, 0.15) is 23.9 Å². The van der Waals surface area contributed by atoms with Crippen LogP contribution in [0.4, 0.5) is 23.5 Å². The van der Waals surface area contributed by atoms with Gasteiger partial charge in [0.05, 0.1) is 26.1 Å². The van der Waals surface area contributed by atoms with Crippen molar-refractivity contribution in [1.82, 2.24) is 15.0 Å². The maximum absolute atomic E-state index is 6.22. The van der Waals surface area contributed by atoms with Crippen molar-refractivity contribution in [3.8, 4) is 11.5 Å². The Kier molecular flexibility index (Phi) is 9.15. The van der Waals surface area contributed by atoms with Gasteiger partial charge in [0, 0.05) is 21.3 Å². The standard InChI is InChI=1S/C29H25Cl2N7O3/c1-39-23-12-8-22(9-13-23)34-28-35-27(32-17-25-3-2-14-40-25)36-29(37-28)38-33-16-19-4-10-24(11-5-19)41-18-20-6-7-21(30)15-26(20)31/h2-16H,17-18H2,1H3,(H3,32,34,35,36,37,38)/b33-16+. The fourth-order valence-electron chi connectivity index (χ4n) is 3.56. The Morgan fingerprint density at radius 1 is 0.878 bits per heavy atom. The largest absolute Gasteiger partial charge is 0.497 e. The second kappa shape index (κ2) is 13.5. The summed E-state index contributed by atoms with van der Waals surface area (Å²) in [6.45, 7) is 0.730. The number of hydrogen-bond acceptors (Lipinski definition) is 10. The average Bonchev–Trinajstić information content (AvgIpc) is 3.51. The molecule has 0 fully saturated rings. The average molecular weight is 590 g/mol. The molecule has 2 heterocycles. The zero-order chi connectivity index (χ0) is 28.4. The lowest BCUT2D eigenvalue weighted by Gasteiger charge is -2.10. The molecule has 0 saturated heterocycles. The van der Waals surface area contributed by atoms with Crippen molar-refractivity contribution in [3.05, 3.63) is 112 Å². The number of halogens is 2. The van der Waals surface area contributed by atoms with E-state index in [4.69, 9.17) is 37.1 Å². The van der Waals surface area contributed by atoms with Gasteiger partial charge in [-0.25, -0.2) is 5.43 Å². The molecule has 0 bridgehead atoms. The van der Waals surface area contributed by atoms with Crippen molar-refractivity contribution in [3.63, 3.8) is 0 Å². The highest BCUT2D eigenvalue weighted by molar-refractivity contribution is 6.35. The fraction of sp³-hybridized carbons (Fsp3) is 0.103. The zero-order valence-corrected chi connectivity index (χ0v) is 23.4. The summed E-state index contributed by atoms with van der Waals surface area (Å²) in [5.41, 5.74) is 5.34. The first-order valence-corrected chi connectivity index (χ1v) is 13.2. The molecule has 2 aromatic heterocycles. The van der Waals surface area contributed by atoms with Crippen molar-refractivity contribution >= 4 is 52.9 Å². The minimum absolute atomic E-state index is 0.244. The number of aromatic nitrogens is 3. The predicted octanol–water partition coefficient (Wildman–Crippen LogP) is 7.16. The van der Waals surface area contributed by atoms with Gasteiger partial charge in [0.15, 0.2) is 0 Å². The van der Waals surface area contributed by atoms with E-state index in [0.717, 1.165) is 28.3 Å². The summed E-state index contributed by atoms with van der Waals surface area (Å²) in [4.78, 5) is 13.3. The van der Waals surface area contributed by atoms with E-state index in [0.29, 0.717) is 40.8 Å². The van der Waals surface area contributed by atoms with Gasteiger partial charge < -0.3 is 24.5 Å². The smallest absolute Gasteiger partial charge is 0.250 e. The predicted molar refractivity (Wildman–Crippen MR) is 161 cm³/mol. The van der Waals surface area contributed by atoms with Crippen molar-refractivity contribution in [1.29, 1.82) is 0 Å². The van der Waals surface area contributed by atoms with Crippen LogP contribution in [0.5, 0.6) is 11.5 Å². The Morgan fingerprint density at radius 2 is 1.63 bits per heavy atom. The number of hydrogen-bond donors (Lipinski definition) is 3. The molecule has 0 spiro atoms. The monoisotopic (exact) mass is 589 g/mol. The third-order valence-corrected chi connectivity index (χ3v) is 6.24. The number of benzene rings is 3. The first-order valence-electron chi connectivity index (χ1n) is 12.4. The summed E-state index contributed by atoms with van der Waals surface area (Å²) < 4.78 is 16.4. The summed E-state index contributed by atoms with van der Waals surface area (Å²) >= 11 is 12.2. The Morgan fingerprint density at radius 3 is 2.37 bits per heavy atom. The van der Waals surface area contributed by atoms with Crippen LogP contribution in [0.1, 0.15) is 16.9 Å². The number of ether oxygens (including phenoxy) is 2. The molecular weight excluding hydrogens is 565 g/mol. The van der Waals surface area contributed by atoms with Gasteiger partial charge in [-0.2, -0.15) is 20.1 Å². The second-order valence-electron chi connectivity index (χ2n) is 8.56. The first-order chi connectivity index (χ1) is 20.0. The Balaban J connectivity index is 1.23. The summed E-state index contributed by atoms with van der Waals surface area (Å²) in [5.74, 6) is 3.09. The van der Waals surface area contributed by atoms with Gasteiger partial charge in [-0.05, 0) is 78.4 Å². The van der Waals surface area contributed by atoms with Crippen molar-refractivity contribution in [2.75, 3.05) is 23.2 Å². The van der Waals surface area contributed by atoms with Gasteiger partial charge in [0.2, 0.25) is 17.8 Å². The van der Waals surface area contributed by atoms with Crippen molar-refractivity contribution < 1.29 is 13.9 Å². The summed E-state index contributed by atoms with van der Waals surface area (Å²) in [6.07, 6.45) is 3.26. The summed E-state index contributed by atoms with van der Waals surface area (Å²) in [7, 11) is 1.62. The van der Waals surface area contributed by atoms with E-state index in [1.54, 1.807) is 31.7 Å². The van der Waals surface area contributed by atoms with Crippen molar-refractivity contribution in [2.45, 2.75) is 13.2 Å². The number of furan rings is 1. The normalized spacial score (nSPS) is 10.9. The molecule has 0 radical (unpaired) electrons. The number of anilines is 4. The topological polar surface area (TPSA) is 119 Å². The quantitative estimate of drug-likeness (QED) is 0.103. The maximum atomic E-state index is 6.22. The molecule has 0 aliphatic carbocycles. The summed E-state index contributed by atoms with van der Waals surface area (Å²) in [6, 6.07) is 23.8. The van der Waals surface area contributed by atoms with Gasteiger partial charge in [-0.3, -0.25) is 0 Å². The van der Waals surface area contributed by atoms with Gasteiger partial charge in [-0.15, -0.1) is 0 Å². The fourth-order valence-corrected chi connectivity index (χ4v) is 4.02. The number of nitrogens with zero attached hydrogens (tertiary/aromatic N) is 4. The van der Waals surface area contributed by atoms with E-state index in [-0.39, 0.29) is 5.95 Å². The Bertz CT molecular complexity index is 1600. The molecule has 0 atom stereocenters. The van der Waals surface area contributed by atoms with E-state index in [1.807, 2.05) is 66.7 Å². The number of hydrazone groups is 1. The highest BCUT2D eigenvalue weighted by Gasteiger charge is 2.08. The van der Waals surface area contributed by atoms with Crippen LogP contribution >= 0.6 is 23.2 Å². The molecule has 0 saturated carbocycles. The number of methoxy groups -OCH3 is 1. The molecule has 0 aliphatic heterocycles. The highest BCUT2D eigenvalue weighted by Crippen LogP contribution is 2.23. The summed E-state index contributed by atoms with van der Waals surface area (Å²) in [5, 5.41) is 11.7. The van der Waals surface area contributed by atoms with Crippen LogP contribution in [0.3, 0.4) is 0 Å². The molecule has 5 rings (SSSR count). The molecule has 0 aliphatic rings. The van der Waals surface area contributed by atoms with E-state index in [1.165, 1.54) is 0 Å². The van der Waals surface area contributed by atoms with E-state index in [9.17, 15) is 0 Å². The lowest BCUT2D eigenvalue weighted by Crippen LogP contribution is -2.09. The molecule has 41 heavy (non-hydrogen) atoms. The minimum Gasteiger partial charge on any atom is -0.497 e. The maximum Gasteiger partial charge on any atom is 0.250 e. The van der Waals surface area contributed by atoms with E-state index >= 15 is 0 Å². The second-order valence-corrected chi connectivity index (χ2v) is 9.40. The van der Waals surface area contributed by atoms with E-state index in [2.05, 4.69) is 36.1 Å². The van der Waals surface area contributed by atoms with Crippen LogP contribution in [-0.2, 0) is 13.2 Å². The van der Waals surface area contributed by atoms with Crippen molar-refractivity contribution in [2.24, 2.45) is 5.10 Å². The van der Waals surface area contributed by atoms with Crippen LogP contribution in [0.2, 0.25) is 10.0 Å². The third-order valence-electron chi connectivity index (χ3n) is 5.65. The molecule has 3 N–H and O–H groups in total. The first kappa shape index (κ1) is 27.8. The molecule has 5 aromatic rings. The lowest BCUT2D eigenvalue weighted by molar-refractivity contribution is 0.306. The molecule has 0 unspecified atom stereocenters. The lowest BCUT2D eigenvalue weighted by atomic mass is 10.2. The molecule has 0 amide bonds.